The Labute approximate surface area is 106 Å². The molecule has 2 aromatic carbocycles. The fourth-order valence-corrected chi connectivity index (χ4v) is 2.37. The molecule has 0 amide bonds. The molecule has 0 aliphatic heterocycles. The average Bonchev–Trinajstić information content (AvgIpc) is 2.30. The quantitative estimate of drug-likeness (QED) is 0.896. The zero-order valence-corrected chi connectivity index (χ0v) is 11.0. The van der Waals surface area contributed by atoms with Crippen molar-refractivity contribution in [2.75, 3.05) is 4.72 Å². The highest BCUT2D eigenvalue weighted by Gasteiger charge is 2.16. The molecule has 5 heteroatoms. The monoisotopic (exact) mass is 265 g/mol. The van der Waals surface area contributed by atoms with Crippen LogP contribution in [0.1, 0.15) is 13.8 Å². The first-order valence-corrected chi connectivity index (χ1v) is 7.19. The van der Waals surface area contributed by atoms with Crippen molar-refractivity contribution in [1.29, 1.82) is 0 Å². The van der Waals surface area contributed by atoms with E-state index in [0.717, 1.165) is 0 Å². The maximum atomic E-state index is 11.9. The Morgan fingerprint density at radius 1 is 1.06 bits per heavy atom. The number of hydrogen-bond donors (Lipinski definition) is 2. The first-order chi connectivity index (χ1) is 8.42. The second kappa shape index (κ2) is 4.49. The number of phenols is 1. The molecule has 0 saturated carbocycles. The van der Waals surface area contributed by atoms with Crippen LogP contribution in [0.15, 0.2) is 36.4 Å². The number of benzene rings is 2. The highest BCUT2D eigenvalue weighted by Crippen LogP contribution is 2.30. The van der Waals surface area contributed by atoms with E-state index in [1.165, 1.54) is 0 Å². The summed E-state index contributed by atoms with van der Waals surface area (Å²) in [5.41, 5.74) is 0.483. The first-order valence-electron chi connectivity index (χ1n) is 5.64. The third-order valence-electron chi connectivity index (χ3n) is 2.77. The van der Waals surface area contributed by atoms with E-state index < -0.39 is 15.3 Å². The van der Waals surface area contributed by atoms with Crippen LogP contribution in [0.2, 0.25) is 0 Å². The van der Waals surface area contributed by atoms with Crippen LogP contribution < -0.4 is 4.72 Å². The van der Waals surface area contributed by atoms with Gasteiger partial charge < -0.3 is 5.11 Å². The van der Waals surface area contributed by atoms with Crippen molar-refractivity contribution in [3.8, 4) is 5.75 Å². The van der Waals surface area contributed by atoms with Gasteiger partial charge in [0.25, 0.3) is 0 Å². The molecule has 0 spiro atoms. The van der Waals surface area contributed by atoms with E-state index in [-0.39, 0.29) is 5.75 Å². The van der Waals surface area contributed by atoms with E-state index in [0.29, 0.717) is 16.5 Å². The molecule has 18 heavy (non-hydrogen) atoms. The molecular weight excluding hydrogens is 250 g/mol. The highest BCUT2D eigenvalue weighted by molar-refractivity contribution is 7.93. The lowest BCUT2D eigenvalue weighted by Crippen LogP contribution is -2.22. The Hall–Kier alpha value is -1.75. The Balaban J connectivity index is 2.57. The molecule has 0 aliphatic carbocycles. The summed E-state index contributed by atoms with van der Waals surface area (Å²) in [5.74, 6) is 0.137. The molecule has 0 bridgehead atoms. The van der Waals surface area contributed by atoms with Gasteiger partial charge in [-0.25, -0.2) is 8.42 Å². The number of sulfonamides is 1. The molecule has 0 radical (unpaired) electrons. The maximum absolute atomic E-state index is 11.9. The van der Waals surface area contributed by atoms with Crippen LogP contribution in [0, 0.1) is 0 Å². The summed E-state index contributed by atoms with van der Waals surface area (Å²) in [6, 6.07) is 10.2. The van der Waals surface area contributed by atoms with Gasteiger partial charge in [0, 0.05) is 10.8 Å². The van der Waals surface area contributed by atoms with Crippen molar-refractivity contribution >= 4 is 26.5 Å². The Morgan fingerprint density at radius 2 is 1.67 bits per heavy atom. The zero-order valence-electron chi connectivity index (χ0n) is 10.2. The number of fused-ring (bicyclic) bond motifs is 1. The molecule has 0 fully saturated rings. The van der Waals surface area contributed by atoms with Gasteiger partial charge in [0.1, 0.15) is 5.75 Å². The Kier molecular flexibility index (Phi) is 3.17. The maximum Gasteiger partial charge on any atom is 0.235 e. The van der Waals surface area contributed by atoms with Gasteiger partial charge in [-0.15, -0.1) is 0 Å². The minimum absolute atomic E-state index is 0.137. The molecule has 2 rings (SSSR count). The van der Waals surface area contributed by atoms with Crippen LogP contribution in [0.3, 0.4) is 0 Å². The van der Waals surface area contributed by atoms with Crippen molar-refractivity contribution in [3.05, 3.63) is 36.4 Å². The van der Waals surface area contributed by atoms with Crippen LogP contribution in [-0.2, 0) is 10.0 Å². The van der Waals surface area contributed by atoms with Gasteiger partial charge in [0.2, 0.25) is 10.0 Å². The van der Waals surface area contributed by atoms with Crippen LogP contribution in [0.25, 0.3) is 10.8 Å². The molecule has 0 heterocycles. The van der Waals surface area contributed by atoms with Crippen LogP contribution in [-0.4, -0.2) is 18.8 Å². The molecule has 2 N–H and O–H groups in total. The average molecular weight is 265 g/mol. The molecule has 0 aliphatic rings. The molecule has 0 aromatic heterocycles. The number of nitrogens with one attached hydrogen (secondary N) is 1. The molecule has 4 nitrogen and oxygen atoms in total. The summed E-state index contributed by atoms with van der Waals surface area (Å²) in [6.07, 6.45) is 0. The number of hydrogen-bond acceptors (Lipinski definition) is 3. The number of anilines is 1. The third-order valence-corrected chi connectivity index (χ3v) is 4.52. The highest BCUT2D eigenvalue weighted by atomic mass is 32.2. The predicted molar refractivity (Wildman–Crippen MR) is 73.3 cm³/mol. The third kappa shape index (κ3) is 2.26. The van der Waals surface area contributed by atoms with Gasteiger partial charge in [0.05, 0.1) is 10.9 Å². The summed E-state index contributed by atoms with van der Waals surface area (Å²) in [4.78, 5) is 0. The summed E-state index contributed by atoms with van der Waals surface area (Å²) in [6.45, 7) is 3.23. The topological polar surface area (TPSA) is 66.4 Å². The Morgan fingerprint density at radius 3 is 2.33 bits per heavy atom. The molecular formula is C13H15NO3S. The zero-order chi connectivity index (χ0) is 13.3. The van der Waals surface area contributed by atoms with Crippen molar-refractivity contribution in [1.82, 2.24) is 0 Å². The van der Waals surface area contributed by atoms with Gasteiger partial charge in [-0.3, -0.25) is 4.72 Å². The lowest BCUT2D eigenvalue weighted by atomic mass is 10.1. The van der Waals surface area contributed by atoms with E-state index >= 15 is 0 Å². The number of rotatable bonds is 3. The summed E-state index contributed by atoms with van der Waals surface area (Å²) in [7, 11) is -3.39. The standard InChI is InChI=1S/C13H15NO3S/c1-9(2)18(16,17)14-12-7-3-6-11-10(12)5-4-8-13(11)15/h3-9,14-15H,1-2H3. The predicted octanol–water partition coefficient (Wildman–Crippen LogP) is 2.70. The van der Waals surface area contributed by atoms with Gasteiger partial charge >= 0.3 is 0 Å². The molecule has 96 valence electrons. The van der Waals surface area contributed by atoms with E-state index in [9.17, 15) is 13.5 Å². The molecule has 0 unspecified atom stereocenters. The minimum atomic E-state index is -3.39. The Bertz CT molecular complexity index is 678. The smallest absolute Gasteiger partial charge is 0.235 e. The number of aromatic hydroxyl groups is 1. The van der Waals surface area contributed by atoms with Crippen LogP contribution >= 0.6 is 0 Å². The van der Waals surface area contributed by atoms with E-state index in [1.54, 1.807) is 50.2 Å². The van der Waals surface area contributed by atoms with Crippen LogP contribution in [0.4, 0.5) is 5.69 Å². The number of phenolic OH excluding ortho intramolecular Hbond substituents is 1. The van der Waals surface area contributed by atoms with Crippen molar-refractivity contribution in [2.45, 2.75) is 19.1 Å². The van der Waals surface area contributed by atoms with E-state index in [1.807, 2.05) is 0 Å². The lowest BCUT2D eigenvalue weighted by Gasteiger charge is -2.13. The van der Waals surface area contributed by atoms with E-state index in [2.05, 4.69) is 4.72 Å². The summed E-state index contributed by atoms with van der Waals surface area (Å²) < 4.78 is 26.3. The van der Waals surface area contributed by atoms with Crippen molar-refractivity contribution in [2.24, 2.45) is 0 Å². The van der Waals surface area contributed by atoms with Gasteiger partial charge in [-0.05, 0) is 26.0 Å². The van der Waals surface area contributed by atoms with Gasteiger partial charge in [-0.1, -0.05) is 24.3 Å². The van der Waals surface area contributed by atoms with Crippen LogP contribution in [0.5, 0.6) is 5.75 Å². The molecule has 0 saturated heterocycles. The molecule has 2 aromatic rings. The lowest BCUT2D eigenvalue weighted by molar-refractivity contribution is 0.481. The second-order valence-corrected chi connectivity index (χ2v) is 6.61. The van der Waals surface area contributed by atoms with Crippen molar-refractivity contribution < 1.29 is 13.5 Å². The SMILES string of the molecule is CC(C)S(=O)(=O)Nc1cccc2c(O)cccc12. The minimum Gasteiger partial charge on any atom is -0.507 e. The summed E-state index contributed by atoms with van der Waals surface area (Å²) >= 11 is 0. The second-order valence-electron chi connectivity index (χ2n) is 4.37. The fourth-order valence-electron chi connectivity index (χ4n) is 1.65. The summed E-state index contributed by atoms with van der Waals surface area (Å²) in [5, 5.41) is 10.5. The van der Waals surface area contributed by atoms with Gasteiger partial charge in [-0.2, -0.15) is 0 Å². The van der Waals surface area contributed by atoms with E-state index in [4.69, 9.17) is 0 Å². The fraction of sp³-hybridized carbons (Fsp3) is 0.231. The first kappa shape index (κ1) is 12.7. The molecule has 0 atom stereocenters. The van der Waals surface area contributed by atoms with Gasteiger partial charge in [0.15, 0.2) is 0 Å². The largest absolute Gasteiger partial charge is 0.507 e. The normalized spacial score (nSPS) is 11.9. The van der Waals surface area contributed by atoms with Crippen molar-refractivity contribution in [3.63, 3.8) is 0 Å².